The zero-order valence-corrected chi connectivity index (χ0v) is 13.0. The molecule has 0 spiro atoms. The van der Waals surface area contributed by atoms with Gasteiger partial charge >= 0.3 is 0 Å². The quantitative estimate of drug-likeness (QED) is 0.789. The van der Waals surface area contributed by atoms with Gasteiger partial charge in [-0.1, -0.05) is 0 Å². The molecule has 2 bridgehead atoms. The van der Waals surface area contributed by atoms with Crippen molar-refractivity contribution in [1.29, 1.82) is 0 Å². The summed E-state index contributed by atoms with van der Waals surface area (Å²) in [4.78, 5) is 12.5. The molecule has 5 heteroatoms. The first-order chi connectivity index (χ1) is 10.7. The minimum atomic E-state index is -0.0311. The van der Waals surface area contributed by atoms with Crippen molar-refractivity contribution in [3.8, 4) is 5.75 Å². The maximum absolute atomic E-state index is 12.5. The number of hydrogen-bond donors (Lipinski definition) is 2. The van der Waals surface area contributed by atoms with E-state index in [9.17, 15) is 4.79 Å². The predicted octanol–water partition coefficient (Wildman–Crippen LogP) is 2.02. The normalized spacial score (nSPS) is 29.5. The summed E-state index contributed by atoms with van der Waals surface area (Å²) in [6.45, 7) is 1.07. The van der Waals surface area contributed by atoms with Gasteiger partial charge in [0.25, 0.3) is 0 Å². The van der Waals surface area contributed by atoms with Crippen molar-refractivity contribution in [1.82, 2.24) is 0 Å². The summed E-state index contributed by atoms with van der Waals surface area (Å²) in [5.74, 6) is 1.81. The molecule has 4 unspecified atom stereocenters. The number of carbonyl (C=O) groups is 1. The summed E-state index contributed by atoms with van der Waals surface area (Å²) in [5.41, 5.74) is 7.01. The summed E-state index contributed by atoms with van der Waals surface area (Å²) in [6.07, 6.45) is 3.44. The highest BCUT2D eigenvalue weighted by atomic mass is 16.5. The molecule has 0 aromatic heterocycles. The number of anilines is 1. The highest BCUT2D eigenvalue weighted by molar-refractivity contribution is 5.93. The van der Waals surface area contributed by atoms with Gasteiger partial charge in [-0.05, 0) is 55.4 Å². The molecule has 0 saturated heterocycles. The molecule has 5 nitrogen and oxygen atoms in total. The van der Waals surface area contributed by atoms with Gasteiger partial charge in [0.1, 0.15) is 12.4 Å². The average Bonchev–Trinajstić information content (AvgIpc) is 3.10. The largest absolute Gasteiger partial charge is 0.491 e. The van der Waals surface area contributed by atoms with E-state index in [4.69, 9.17) is 15.2 Å². The van der Waals surface area contributed by atoms with Crippen LogP contribution in [0.5, 0.6) is 5.75 Å². The second-order valence-electron chi connectivity index (χ2n) is 6.29. The van der Waals surface area contributed by atoms with E-state index in [0.717, 1.165) is 24.3 Å². The molecule has 4 atom stereocenters. The van der Waals surface area contributed by atoms with E-state index in [1.165, 1.54) is 6.42 Å². The van der Waals surface area contributed by atoms with Crippen LogP contribution in [0, 0.1) is 17.8 Å². The summed E-state index contributed by atoms with van der Waals surface area (Å²) >= 11 is 0. The third-order valence-electron chi connectivity index (χ3n) is 4.96. The van der Waals surface area contributed by atoms with Crippen molar-refractivity contribution in [3.63, 3.8) is 0 Å². The third-order valence-corrected chi connectivity index (χ3v) is 4.96. The van der Waals surface area contributed by atoms with Gasteiger partial charge < -0.3 is 20.5 Å². The van der Waals surface area contributed by atoms with E-state index in [1.807, 2.05) is 24.3 Å². The molecule has 2 aliphatic rings. The van der Waals surface area contributed by atoms with Gasteiger partial charge in [-0.3, -0.25) is 4.79 Å². The molecule has 120 valence electrons. The molecule has 1 amide bonds. The summed E-state index contributed by atoms with van der Waals surface area (Å²) in [5, 5.41) is 2.99. The third kappa shape index (κ3) is 3.10. The fourth-order valence-corrected chi connectivity index (χ4v) is 3.83. The monoisotopic (exact) mass is 304 g/mol. The summed E-state index contributed by atoms with van der Waals surface area (Å²) in [7, 11) is 1.64. The van der Waals surface area contributed by atoms with Crippen LogP contribution in [-0.4, -0.2) is 32.3 Å². The molecular formula is C17H24N2O3. The molecule has 2 aliphatic carbocycles. The molecule has 22 heavy (non-hydrogen) atoms. The Morgan fingerprint density at radius 2 is 1.95 bits per heavy atom. The lowest BCUT2D eigenvalue weighted by atomic mass is 9.84. The van der Waals surface area contributed by atoms with Crippen molar-refractivity contribution in [2.24, 2.45) is 23.5 Å². The van der Waals surface area contributed by atoms with Crippen molar-refractivity contribution < 1.29 is 14.3 Å². The molecule has 1 aromatic carbocycles. The van der Waals surface area contributed by atoms with E-state index < -0.39 is 0 Å². The Labute approximate surface area is 131 Å². The molecule has 2 fully saturated rings. The molecule has 3 N–H and O–H groups in total. The fraction of sp³-hybridized carbons (Fsp3) is 0.588. The van der Waals surface area contributed by atoms with E-state index in [-0.39, 0.29) is 17.9 Å². The first kappa shape index (κ1) is 15.3. The standard InChI is InChI=1S/C17H24N2O3/c1-21-8-9-22-14-6-4-13(5-7-14)19-17(20)15-11-2-3-12(10-11)16(15)18/h4-7,11-12,15-16H,2-3,8-10,18H2,1H3,(H,19,20). The molecule has 3 rings (SSSR count). The number of nitrogens with two attached hydrogens (primary N) is 1. The highest BCUT2D eigenvalue weighted by Crippen LogP contribution is 2.47. The number of ether oxygens (including phenoxy) is 2. The Kier molecular flexibility index (Phi) is 4.64. The van der Waals surface area contributed by atoms with Crippen LogP contribution in [0.25, 0.3) is 0 Å². The Hall–Kier alpha value is -1.59. The summed E-state index contributed by atoms with van der Waals surface area (Å²) < 4.78 is 10.4. The number of rotatable bonds is 6. The number of methoxy groups -OCH3 is 1. The van der Waals surface area contributed by atoms with Crippen LogP contribution in [-0.2, 0) is 9.53 Å². The number of nitrogens with one attached hydrogen (secondary N) is 1. The first-order valence-electron chi connectivity index (χ1n) is 7.97. The van der Waals surface area contributed by atoms with Crippen LogP contribution in [0.4, 0.5) is 5.69 Å². The van der Waals surface area contributed by atoms with Gasteiger partial charge in [0.2, 0.25) is 5.91 Å². The highest BCUT2D eigenvalue weighted by Gasteiger charge is 2.49. The van der Waals surface area contributed by atoms with E-state index in [1.54, 1.807) is 7.11 Å². The van der Waals surface area contributed by atoms with E-state index >= 15 is 0 Å². The molecular weight excluding hydrogens is 280 g/mol. The molecule has 0 aliphatic heterocycles. The topological polar surface area (TPSA) is 73.6 Å². The second-order valence-corrected chi connectivity index (χ2v) is 6.29. The minimum absolute atomic E-state index is 0.0235. The van der Waals surface area contributed by atoms with Crippen LogP contribution >= 0.6 is 0 Å². The van der Waals surface area contributed by atoms with Crippen LogP contribution in [0.1, 0.15) is 19.3 Å². The lowest BCUT2D eigenvalue weighted by molar-refractivity contribution is -0.121. The molecule has 0 radical (unpaired) electrons. The summed E-state index contributed by atoms with van der Waals surface area (Å²) in [6, 6.07) is 7.45. The van der Waals surface area contributed by atoms with E-state index in [0.29, 0.717) is 25.0 Å². The first-order valence-corrected chi connectivity index (χ1v) is 7.97. The lowest BCUT2D eigenvalue weighted by Crippen LogP contribution is -2.42. The maximum atomic E-state index is 12.5. The predicted molar refractivity (Wildman–Crippen MR) is 84.7 cm³/mol. The van der Waals surface area contributed by atoms with Crippen molar-refractivity contribution >= 4 is 11.6 Å². The Morgan fingerprint density at radius 1 is 1.23 bits per heavy atom. The smallest absolute Gasteiger partial charge is 0.229 e. The molecule has 0 heterocycles. The van der Waals surface area contributed by atoms with Crippen molar-refractivity contribution in [2.75, 3.05) is 25.6 Å². The van der Waals surface area contributed by atoms with E-state index in [2.05, 4.69) is 5.32 Å². The van der Waals surface area contributed by atoms with Crippen LogP contribution in [0.15, 0.2) is 24.3 Å². The molecule has 1 aromatic rings. The van der Waals surface area contributed by atoms with Gasteiger partial charge in [0.05, 0.1) is 12.5 Å². The maximum Gasteiger partial charge on any atom is 0.229 e. The Bertz CT molecular complexity index is 515. The zero-order chi connectivity index (χ0) is 15.5. The SMILES string of the molecule is COCCOc1ccc(NC(=O)C2C3CCC(C3)C2N)cc1. The number of benzene rings is 1. The minimum Gasteiger partial charge on any atom is -0.491 e. The number of carbonyl (C=O) groups excluding carboxylic acids is 1. The van der Waals surface area contributed by atoms with Crippen LogP contribution < -0.4 is 15.8 Å². The molecule has 2 saturated carbocycles. The lowest BCUT2D eigenvalue weighted by Gasteiger charge is -2.27. The average molecular weight is 304 g/mol. The fourth-order valence-electron chi connectivity index (χ4n) is 3.83. The van der Waals surface area contributed by atoms with Gasteiger partial charge in [-0.25, -0.2) is 0 Å². The zero-order valence-electron chi connectivity index (χ0n) is 13.0. The Morgan fingerprint density at radius 3 is 2.59 bits per heavy atom. The second kappa shape index (κ2) is 6.67. The van der Waals surface area contributed by atoms with Gasteiger partial charge in [0.15, 0.2) is 0 Å². The van der Waals surface area contributed by atoms with Crippen molar-refractivity contribution in [2.45, 2.75) is 25.3 Å². The number of hydrogen-bond acceptors (Lipinski definition) is 4. The van der Waals surface area contributed by atoms with Gasteiger partial charge in [-0.2, -0.15) is 0 Å². The van der Waals surface area contributed by atoms with Gasteiger partial charge in [0, 0.05) is 18.8 Å². The number of amides is 1. The Balaban J connectivity index is 1.55. The van der Waals surface area contributed by atoms with Gasteiger partial charge in [-0.15, -0.1) is 0 Å². The van der Waals surface area contributed by atoms with Crippen LogP contribution in [0.2, 0.25) is 0 Å². The number of fused-ring (bicyclic) bond motifs is 2. The van der Waals surface area contributed by atoms with Crippen molar-refractivity contribution in [3.05, 3.63) is 24.3 Å². The van der Waals surface area contributed by atoms with Crippen LogP contribution in [0.3, 0.4) is 0 Å².